The molecule has 2 fully saturated rings. The van der Waals surface area contributed by atoms with Crippen molar-refractivity contribution in [1.82, 2.24) is 9.88 Å². The Morgan fingerprint density at radius 3 is 2.90 bits per heavy atom. The first-order chi connectivity index (χ1) is 10.3. The van der Waals surface area contributed by atoms with Crippen LogP contribution in [0.1, 0.15) is 24.8 Å². The van der Waals surface area contributed by atoms with Gasteiger partial charge in [-0.05, 0) is 25.3 Å². The fourth-order valence-corrected chi connectivity index (χ4v) is 3.31. The average Bonchev–Trinajstić information content (AvgIpc) is 2.99. The monoisotopic (exact) mass is 306 g/mol. The maximum atomic E-state index is 8.83. The first-order valence-electron chi connectivity index (χ1n) is 7.40. The van der Waals surface area contributed by atoms with Crippen molar-refractivity contribution < 1.29 is 4.74 Å². The fraction of sp³-hybridized carbons (Fsp3) is 0.600. The predicted molar refractivity (Wildman–Crippen MR) is 81.4 cm³/mol. The molecule has 6 heteroatoms. The quantitative estimate of drug-likeness (QED) is 0.928. The van der Waals surface area contributed by atoms with Crippen molar-refractivity contribution in [1.29, 1.82) is 5.26 Å². The summed E-state index contributed by atoms with van der Waals surface area (Å²) in [6.07, 6.45) is 4.90. The molecule has 2 aliphatic rings. The Morgan fingerprint density at radius 1 is 1.38 bits per heavy atom. The highest BCUT2D eigenvalue weighted by molar-refractivity contribution is 6.33. The third-order valence-electron chi connectivity index (χ3n) is 4.24. The number of nitriles is 1. The number of anilines is 1. The number of hydrogen-bond donors (Lipinski definition) is 1. The molecule has 0 spiro atoms. The summed E-state index contributed by atoms with van der Waals surface area (Å²) in [4.78, 5) is 6.79. The summed E-state index contributed by atoms with van der Waals surface area (Å²) in [5.74, 6) is 0.675. The van der Waals surface area contributed by atoms with Crippen molar-refractivity contribution in [3.05, 3.63) is 22.8 Å². The highest BCUT2D eigenvalue weighted by Gasteiger charge is 2.29. The maximum Gasteiger partial charge on any atom is 0.145 e. The molecule has 1 aromatic rings. The van der Waals surface area contributed by atoms with Crippen molar-refractivity contribution >= 4 is 17.4 Å². The van der Waals surface area contributed by atoms with Gasteiger partial charge in [-0.25, -0.2) is 4.98 Å². The van der Waals surface area contributed by atoms with Crippen LogP contribution in [0.2, 0.25) is 5.02 Å². The zero-order valence-corrected chi connectivity index (χ0v) is 12.6. The Bertz CT molecular complexity index is 539. The molecule has 0 aromatic carbocycles. The molecule has 1 unspecified atom stereocenters. The molecule has 0 radical (unpaired) electrons. The standard InChI is InChI=1S/C15H19ClN4O/c16-14-7-11(8-17)9-18-15(14)19-12-1-4-20(10-12)13-2-5-21-6-3-13/h7,9,12-13H,1-6,10H2,(H,18,19). The van der Waals surface area contributed by atoms with Gasteiger partial charge in [-0.2, -0.15) is 5.26 Å². The van der Waals surface area contributed by atoms with Gasteiger partial charge in [-0.1, -0.05) is 11.6 Å². The van der Waals surface area contributed by atoms with E-state index < -0.39 is 0 Å². The molecule has 2 saturated heterocycles. The lowest BCUT2D eigenvalue weighted by Crippen LogP contribution is -2.39. The summed E-state index contributed by atoms with van der Waals surface area (Å²) >= 11 is 6.17. The lowest BCUT2D eigenvalue weighted by atomic mass is 10.1. The molecular weight excluding hydrogens is 288 g/mol. The highest BCUT2D eigenvalue weighted by Crippen LogP contribution is 2.25. The van der Waals surface area contributed by atoms with E-state index in [2.05, 4.69) is 15.2 Å². The van der Waals surface area contributed by atoms with Gasteiger partial charge in [0.2, 0.25) is 0 Å². The molecule has 0 saturated carbocycles. The van der Waals surface area contributed by atoms with Crippen LogP contribution in [-0.2, 0) is 4.74 Å². The second-order valence-corrected chi connectivity index (χ2v) is 6.04. The number of nitrogens with one attached hydrogen (secondary N) is 1. The topological polar surface area (TPSA) is 61.2 Å². The molecule has 1 aromatic heterocycles. The van der Waals surface area contributed by atoms with Crippen LogP contribution in [0.5, 0.6) is 0 Å². The SMILES string of the molecule is N#Cc1cnc(NC2CCN(C3CCOCC3)C2)c(Cl)c1. The molecule has 3 heterocycles. The van der Waals surface area contributed by atoms with Crippen LogP contribution >= 0.6 is 11.6 Å². The molecule has 0 bridgehead atoms. The van der Waals surface area contributed by atoms with E-state index in [1.165, 1.54) is 0 Å². The summed E-state index contributed by atoms with van der Waals surface area (Å²) in [7, 11) is 0. The van der Waals surface area contributed by atoms with Crippen LogP contribution in [0.4, 0.5) is 5.82 Å². The largest absolute Gasteiger partial charge is 0.381 e. The minimum Gasteiger partial charge on any atom is -0.381 e. The number of aromatic nitrogens is 1. The summed E-state index contributed by atoms with van der Waals surface area (Å²) in [6.45, 7) is 3.88. The molecule has 21 heavy (non-hydrogen) atoms. The van der Waals surface area contributed by atoms with Crippen molar-refractivity contribution in [3.63, 3.8) is 0 Å². The van der Waals surface area contributed by atoms with Gasteiger partial charge in [0.15, 0.2) is 0 Å². The Labute approximate surface area is 129 Å². The van der Waals surface area contributed by atoms with Crippen LogP contribution < -0.4 is 5.32 Å². The number of halogens is 1. The second kappa shape index (κ2) is 6.61. The van der Waals surface area contributed by atoms with Gasteiger partial charge in [-0.3, -0.25) is 4.90 Å². The van der Waals surface area contributed by atoms with E-state index >= 15 is 0 Å². The summed E-state index contributed by atoms with van der Waals surface area (Å²) in [6, 6.07) is 4.71. The first-order valence-corrected chi connectivity index (χ1v) is 7.78. The minimum absolute atomic E-state index is 0.366. The lowest BCUT2D eigenvalue weighted by Gasteiger charge is -2.31. The van der Waals surface area contributed by atoms with Crippen molar-refractivity contribution in [2.75, 3.05) is 31.6 Å². The number of hydrogen-bond acceptors (Lipinski definition) is 5. The van der Waals surface area contributed by atoms with Gasteiger partial charge >= 0.3 is 0 Å². The van der Waals surface area contributed by atoms with Gasteiger partial charge in [0.25, 0.3) is 0 Å². The average molecular weight is 307 g/mol. The lowest BCUT2D eigenvalue weighted by molar-refractivity contribution is 0.0421. The molecule has 0 aliphatic carbocycles. The molecule has 5 nitrogen and oxygen atoms in total. The highest BCUT2D eigenvalue weighted by atomic mass is 35.5. The Kier molecular flexibility index (Phi) is 4.59. The maximum absolute atomic E-state index is 8.83. The van der Waals surface area contributed by atoms with Gasteiger partial charge < -0.3 is 10.1 Å². The Morgan fingerprint density at radius 2 is 2.19 bits per heavy atom. The van der Waals surface area contributed by atoms with Gasteiger partial charge in [0.1, 0.15) is 11.9 Å². The van der Waals surface area contributed by atoms with Crippen LogP contribution in [0.3, 0.4) is 0 Å². The number of nitrogens with zero attached hydrogens (tertiary/aromatic N) is 3. The molecule has 2 aliphatic heterocycles. The van der Waals surface area contributed by atoms with Gasteiger partial charge in [0, 0.05) is 44.6 Å². The molecule has 3 rings (SSSR count). The van der Waals surface area contributed by atoms with Gasteiger partial charge in [0.05, 0.1) is 10.6 Å². The van der Waals surface area contributed by atoms with E-state index in [0.29, 0.717) is 28.5 Å². The van der Waals surface area contributed by atoms with E-state index in [0.717, 1.165) is 45.6 Å². The zero-order valence-electron chi connectivity index (χ0n) is 11.9. The molecule has 0 amide bonds. The number of rotatable bonds is 3. The summed E-state index contributed by atoms with van der Waals surface area (Å²) in [5.41, 5.74) is 0.487. The van der Waals surface area contributed by atoms with Crippen molar-refractivity contribution in [3.8, 4) is 6.07 Å². The second-order valence-electron chi connectivity index (χ2n) is 5.63. The third-order valence-corrected chi connectivity index (χ3v) is 4.53. The first kappa shape index (κ1) is 14.6. The van der Waals surface area contributed by atoms with E-state index in [9.17, 15) is 0 Å². The summed E-state index contributed by atoms with van der Waals surface area (Å²) < 4.78 is 5.42. The van der Waals surface area contributed by atoms with E-state index in [-0.39, 0.29) is 0 Å². The molecule has 112 valence electrons. The predicted octanol–water partition coefficient (Wildman–Crippen LogP) is 2.27. The normalized spacial score (nSPS) is 23.9. The van der Waals surface area contributed by atoms with Crippen LogP contribution in [0.25, 0.3) is 0 Å². The Hall–Kier alpha value is -1.35. The number of likely N-dealkylation sites (tertiary alicyclic amines) is 1. The minimum atomic E-state index is 0.366. The fourth-order valence-electron chi connectivity index (χ4n) is 3.09. The third kappa shape index (κ3) is 3.46. The molecule has 1 atom stereocenters. The zero-order chi connectivity index (χ0) is 14.7. The Balaban J connectivity index is 1.58. The van der Waals surface area contributed by atoms with Gasteiger partial charge in [-0.15, -0.1) is 0 Å². The van der Waals surface area contributed by atoms with E-state index in [4.69, 9.17) is 21.6 Å². The van der Waals surface area contributed by atoms with Crippen molar-refractivity contribution in [2.45, 2.75) is 31.3 Å². The van der Waals surface area contributed by atoms with Crippen LogP contribution in [-0.4, -0.2) is 48.3 Å². The number of pyridine rings is 1. The smallest absolute Gasteiger partial charge is 0.145 e. The number of ether oxygens (including phenoxy) is 1. The van der Waals surface area contributed by atoms with Crippen LogP contribution in [0, 0.1) is 11.3 Å². The summed E-state index contributed by atoms with van der Waals surface area (Å²) in [5, 5.41) is 12.7. The van der Waals surface area contributed by atoms with E-state index in [1.54, 1.807) is 12.3 Å². The van der Waals surface area contributed by atoms with Crippen LogP contribution in [0.15, 0.2) is 12.3 Å². The molecular formula is C15H19ClN4O. The molecule has 1 N–H and O–H groups in total. The van der Waals surface area contributed by atoms with E-state index in [1.807, 2.05) is 6.07 Å². The van der Waals surface area contributed by atoms with Crippen molar-refractivity contribution in [2.24, 2.45) is 0 Å².